The van der Waals surface area contributed by atoms with Crippen LogP contribution in [0.5, 0.6) is 0 Å². The average molecular weight is 499 g/mol. The molecule has 0 saturated carbocycles. The quantitative estimate of drug-likeness (QED) is 0.336. The Labute approximate surface area is 202 Å². The lowest BCUT2D eigenvalue weighted by Gasteiger charge is -2.23. The Morgan fingerprint density at radius 2 is 1.48 bits per heavy atom. The number of sulfonamides is 1. The van der Waals surface area contributed by atoms with Crippen LogP contribution in [0.15, 0.2) is 84.9 Å². The smallest absolute Gasteiger partial charge is 0.255 e. The zero-order valence-corrected chi connectivity index (χ0v) is 20.0. The predicted octanol–water partition coefficient (Wildman–Crippen LogP) is 6.37. The lowest BCUT2D eigenvalue weighted by molar-refractivity contribution is 0.102. The van der Waals surface area contributed by atoms with E-state index in [1.165, 1.54) is 4.31 Å². The van der Waals surface area contributed by atoms with Gasteiger partial charge in [-0.3, -0.25) is 9.10 Å². The maximum absolute atomic E-state index is 12.7. The van der Waals surface area contributed by atoms with Gasteiger partial charge in [-0.05, 0) is 59.3 Å². The van der Waals surface area contributed by atoms with Crippen LogP contribution in [-0.4, -0.2) is 20.6 Å². The van der Waals surface area contributed by atoms with Gasteiger partial charge in [-0.25, -0.2) is 8.42 Å². The van der Waals surface area contributed by atoms with Crippen molar-refractivity contribution >= 4 is 61.3 Å². The van der Waals surface area contributed by atoms with Gasteiger partial charge in [0.15, 0.2) is 0 Å². The number of rotatable bonds is 6. The normalized spacial score (nSPS) is 11.4. The molecule has 33 heavy (non-hydrogen) atoms. The summed E-state index contributed by atoms with van der Waals surface area (Å²) < 4.78 is 26.2. The summed E-state index contributed by atoms with van der Waals surface area (Å²) in [5.74, 6) is -0.295. The van der Waals surface area contributed by atoms with Crippen molar-refractivity contribution in [3.05, 3.63) is 106 Å². The van der Waals surface area contributed by atoms with Gasteiger partial charge >= 0.3 is 0 Å². The molecular weight excluding hydrogens is 479 g/mol. The molecule has 4 rings (SSSR count). The average Bonchev–Trinajstić information content (AvgIpc) is 2.78. The zero-order chi connectivity index (χ0) is 23.6. The number of amides is 1. The van der Waals surface area contributed by atoms with E-state index in [1.807, 2.05) is 42.5 Å². The summed E-state index contributed by atoms with van der Waals surface area (Å²) in [6, 6.07) is 24.9. The van der Waals surface area contributed by atoms with Crippen molar-refractivity contribution in [1.82, 2.24) is 0 Å². The first kappa shape index (κ1) is 23.1. The van der Waals surface area contributed by atoms with Crippen molar-refractivity contribution in [3.63, 3.8) is 0 Å². The number of carbonyl (C=O) groups is 1. The van der Waals surface area contributed by atoms with Crippen LogP contribution in [0.3, 0.4) is 0 Å². The van der Waals surface area contributed by atoms with Crippen LogP contribution in [0, 0.1) is 0 Å². The number of anilines is 2. The fourth-order valence-corrected chi connectivity index (χ4v) is 4.86. The molecule has 0 bridgehead atoms. The molecule has 8 heteroatoms. The summed E-state index contributed by atoms with van der Waals surface area (Å²) in [5.41, 5.74) is 1.98. The van der Waals surface area contributed by atoms with Gasteiger partial charge in [0.2, 0.25) is 10.0 Å². The number of hydrogen-bond donors (Lipinski definition) is 1. The highest BCUT2D eigenvalue weighted by Gasteiger charge is 2.21. The van der Waals surface area contributed by atoms with E-state index in [4.69, 9.17) is 23.2 Å². The molecule has 4 aromatic carbocycles. The minimum atomic E-state index is -3.64. The van der Waals surface area contributed by atoms with Crippen molar-refractivity contribution < 1.29 is 13.2 Å². The van der Waals surface area contributed by atoms with E-state index >= 15 is 0 Å². The van der Waals surface area contributed by atoms with Crippen LogP contribution in [0.1, 0.15) is 15.9 Å². The Bertz CT molecular complexity index is 1420. The number of nitrogens with zero attached hydrogens (tertiary/aromatic N) is 1. The molecule has 4 aromatic rings. The Morgan fingerprint density at radius 1 is 0.848 bits per heavy atom. The van der Waals surface area contributed by atoms with Crippen LogP contribution in [-0.2, 0) is 16.6 Å². The van der Waals surface area contributed by atoms with Crippen LogP contribution in [0.2, 0.25) is 10.0 Å². The molecule has 0 unspecified atom stereocenters. The zero-order valence-electron chi connectivity index (χ0n) is 17.6. The molecular formula is C25H20Cl2N2O3S. The van der Waals surface area contributed by atoms with Crippen LogP contribution in [0.4, 0.5) is 11.4 Å². The highest BCUT2D eigenvalue weighted by atomic mass is 35.5. The second-order valence-corrected chi connectivity index (χ2v) is 10.3. The molecule has 1 N–H and O–H groups in total. The summed E-state index contributed by atoms with van der Waals surface area (Å²) in [5, 5.41) is 5.74. The van der Waals surface area contributed by atoms with Gasteiger partial charge in [0.05, 0.1) is 18.5 Å². The van der Waals surface area contributed by atoms with E-state index in [0.29, 0.717) is 32.5 Å². The number of nitrogens with one attached hydrogen (secondary N) is 1. The van der Waals surface area contributed by atoms with Gasteiger partial charge in [-0.1, -0.05) is 59.6 Å². The highest BCUT2D eigenvalue weighted by molar-refractivity contribution is 7.92. The maximum Gasteiger partial charge on any atom is 0.255 e. The lowest BCUT2D eigenvalue weighted by atomic mass is 10.1. The van der Waals surface area contributed by atoms with Crippen molar-refractivity contribution in [1.29, 1.82) is 0 Å². The van der Waals surface area contributed by atoms with E-state index in [9.17, 15) is 13.2 Å². The Hall–Kier alpha value is -3.06. The highest BCUT2D eigenvalue weighted by Crippen LogP contribution is 2.29. The number of fused-ring (bicyclic) bond motifs is 1. The van der Waals surface area contributed by atoms with Crippen LogP contribution >= 0.6 is 23.2 Å². The number of carbonyl (C=O) groups excluding carboxylic acids is 1. The van der Waals surface area contributed by atoms with Gasteiger partial charge in [-0.2, -0.15) is 0 Å². The summed E-state index contributed by atoms with van der Waals surface area (Å²) in [6.07, 6.45) is 1.11. The fraction of sp³-hybridized carbons (Fsp3) is 0.0800. The van der Waals surface area contributed by atoms with E-state index in [2.05, 4.69) is 5.32 Å². The van der Waals surface area contributed by atoms with Gasteiger partial charge in [0, 0.05) is 26.9 Å². The number of benzene rings is 4. The maximum atomic E-state index is 12.7. The van der Waals surface area contributed by atoms with Crippen molar-refractivity contribution in [2.45, 2.75) is 6.54 Å². The first-order chi connectivity index (χ1) is 15.7. The molecule has 0 radical (unpaired) electrons. The van der Waals surface area contributed by atoms with E-state index in [-0.39, 0.29) is 12.5 Å². The summed E-state index contributed by atoms with van der Waals surface area (Å²) in [4.78, 5) is 12.7. The molecule has 0 aromatic heterocycles. The molecule has 168 valence electrons. The third kappa shape index (κ3) is 5.30. The van der Waals surface area contributed by atoms with Crippen molar-refractivity contribution in [2.24, 2.45) is 0 Å². The molecule has 0 aliphatic carbocycles. The van der Waals surface area contributed by atoms with E-state index in [1.54, 1.807) is 42.5 Å². The topological polar surface area (TPSA) is 66.5 Å². The van der Waals surface area contributed by atoms with Crippen molar-refractivity contribution in [2.75, 3.05) is 15.9 Å². The van der Waals surface area contributed by atoms with Crippen LogP contribution in [0.25, 0.3) is 10.8 Å². The van der Waals surface area contributed by atoms with E-state index < -0.39 is 10.0 Å². The molecule has 0 spiro atoms. The predicted molar refractivity (Wildman–Crippen MR) is 136 cm³/mol. The molecule has 0 atom stereocenters. The van der Waals surface area contributed by atoms with Gasteiger partial charge in [0.25, 0.3) is 5.91 Å². The van der Waals surface area contributed by atoms with Crippen LogP contribution < -0.4 is 9.62 Å². The summed E-state index contributed by atoms with van der Waals surface area (Å²) in [6.45, 7) is -0.0278. The molecule has 0 aliphatic rings. The molecule has 5 nitrogen and oxygen atoms in total. The molecule has 0 fully saturated rings. The fourth-order valence-electron chi connectivity index (χ4n) is 3.48. The monoisotopic (exact) mass is 498 g/mol. The third-order valence-electron chi connectivity index (χ3n) is 5.19. The first-order valence-corrected chi connectivity index (χ1v) is 12.6. The first-order valence-electron chi connectivity index (χ1n) is 10.0. The molecule has 0 aliphatic heterocycles. The molecule has 0 heterocycles. The minimum Gasteiger partial charge on any atom is -0.322 e. The summed E-state index contributed by atoms with van der Waals surface area (Å²) in [7, 11) is -3.64. The Morgan fingerprint density at radius 3 is 2.12 bits per heavy atom. The van der Waals surface area contributed by atoms with Crippen molar-refractivity contribution in [3.8, 4) is 0 Å². The number of halogens is 2. The Kier molecular flexibility index (Phi) is 6.61. The van der Waals surface area contributed by atoms with E-state index in [0.717, 1.165) is 17.0 Å². The number of hydrogen-bond acceptors (Lipinski definition) is 3. The SMILES string of the molecule is CS(=O)(=O)N(Cc1c(Cl)cccc1Cl)c1ccc(C(=O)Nc2ccc3ccccc3c2)cc1. The molecule has 1 amide bonds. The lowest BCUT2D eigenvalue weighted by Crippen LogP contribution is -2.29. The van der Waals surface area contributed by atoms with Gasteiger partial charge in [-0.15, -0.1) is 0 Å². The second kappa shape index (κ2) is 9.43. The van der Waals surface area contributed by atoms with Gasteiger partial charge < -0.3 is 5.32 Å². The third-order valence-corrected chi connectivity index (χ3v) is 7.04. The standard InChI is InChI=1S/C25H20Cl2N2O3S/c1-33(31,32)29(16-22-23(26)7-4-8-24(22)27)21-13-10-18(11-14-21)25(30)28-20-12-9-17-5-2-3-6-19(17)15-20/h2-15H,16H2,1H3,(H,28,30). The largest absolute Gasteiger partial charge is 0.322 e. The Balaban J connectivity index is 1.56. The minimum absolute atomic E-state index is 0.0278. The summed E-state index contributed by atoms with van der Waals surface area (Å²) >= 11 is 12.5. The van der Waals surface area contributed by atoms with Gasteiger partial charge in [0.1, 0.15) is 0 Å². The molecule has 0 saturated heterocycles. The second-order valence-electron chi connectivity index (χ2n) is 7.53.